The Morgan fingerprint density at radius 2 is 1.70 bits per heavy atom. The highest BCUT2D eigenvalue weighted by Crippen LogP contribution is 2.24. The summed E-state index contributed by atoms with van der Waals surface area (Å²) in [6, 6.07) is 0. The Bertz CT molecular complexity index is 812. The number of aryl methyl sites for hydroxylation is 1. The van der Waals surface area contributed by atoms with Gasteiger partial charge >= 0.3 is 0 Å². The molecule has 2 N–H and O–H groups in total. The lowest BCUT2D eigenvalue weighted by atomic mass is 10.2. The average Bonchev–Trinajstić information content (AvgIpc) is 2.68. The fourth-order valence-electron chi connectivity index (χ4n) is 3.23. The van der Waals surface area contributed by atoms with Gasteiger partial charge in [0.1, 0.15) is 0 Å². The minimum absolute atomic E-state index is 0.132. The zero-order chi connectivity index (χ0) is 18.8. The predicted octanol–water partition coefficient (Wildman–Crippen LogP) is 0.281. The largest absolute Gasteiger partial charge is 0.378 e. The van der Waals surface area contributed by atoms with Gasteiger partial charge in [0.15, 0.2) is 5.82 Å². The molecule has 4 heterocycles. The molecule has 2 aliphatic heterocycles. The highest BCUT2D eigenvalue weighted by molar-refractivity contribution is 5.60. The van der Waals surface area contributed by atoms with E-state index >= 15 is 0 Å². The van der Waals surface area contributed by atoms with Crippen LogP contribution in [0.1, 0.15) is 12.6 Å². The van der Waals surface area contributed by atoms with E-state index in [1.165, 1.54) is 0 Å². The fourth-order valence-corrected chi connectivity index (χ4v) is 3.23. The fraction of sp³-hybridized carbons (Fsp3) is 0.588. The Labute approximate surface area is 157 Å². The van der Waals surface area contributed by atoms with Gasteiger partial charge in [-0.1, -0.05) is 0 Å². The summed E-state index contributed by atoms with van der Waals surface area (Å²) < 4.78 is 11.1. The standard InChI is InChI=1S/C17H24N8O2/c1-11-10-25(5-8-27-11)17-22-14(13-9-19-15(18)20-12(13)2)21-16(23-17)24-3-6-26-7-4-24/h9,11H,3-8,10H2,1-2H3,(H2,18,19,20). The van der Waals surface area contributed by atoms with Crippen LogP contribution in [0.15, 0.2) is 6.20 Å². The van der Waals surface area contributed by atoms with E-state index in [0.29, 0.717) is 37.5 Å². The zero-order valence-corrected chi connectivity index (χ0v) is 15.6. The first-order valence-corrected chi connectivity index (χ1v) is 9.15. The number of nitrogens with two attached hydrogens (primary N) is 1. The smallest absolute Gasteiger partial charge is 0.230 e. The Kier molecular flexibility index (Phi) is 4.99. The molecular formula is C17H24N8O2. The zero-order valence-electron chi connectivity index (χ0n) is 15.6. The first-order valence-electron chi connectivity index (χ1n) is 9.15. The molecular weight excluding hydrogens is 348 g/mol. The molecule has 0 saturated carbocycles. The third-order valence-electron chi connectivity index (χ3n) is 4.67. The van der Waals surface area contributed by atoms with Gasteiger partial charge in [0.2, 0.25) is 17.8 Å². The van der Waals surface area contributed by atoms with Crippen LogP contribution >= 0.6 is 0 Å². The summed E-state index contributed by atoms with van der Waals surface area (Å²) in [4.78, 5) is 26.8. The second-order valence-corrected chi connectivity index (χ2v) is 6.71. The monoisotopic (exact) mass is 372 g/mol. The number of morpholine rings is 2. The maximum absolute atomic E-state index is 5.69. The first kappa shape index (κ1) is 17.8. The molecule has 0 aromatic carbocycles. The van der Waals surface area contributed by atoms with E-state index in [4.69, 9.17) is 30.2 Å². The first-order chi connectivity index (χ1) is 13.1. The second-order valence-electron chi connectivity index (χ2n) is 6.71. The van der Waals surface area contributed by atoms with E-state index in [1.54, 1.807) is 6.20 Å². The van der Waals surface area contributed by atoms with Crippen LogP contribution in [0.4, 0.5) is 17.8 Å². The van der Waals surface area contributed by atoms with Gasteiger partial charge in [0.05, 0.1) is 37.2 Å². The van der Waals surface area contributed by atoms with Gasteiger partial charge in [-0.25, -0.2) is 9.97 Å². The highest BCUT2D eigenvalue weighted by Gasteiger charge is 2.24. The number of anilines is 3. The lowest BCUT2D eigenvalue weighted by molar-refractivity contribution is 0.0526. The molecule has 0 radical (unpaired) electrons. The number of nitrogens with zero attached hydrogens (tertiary/aromatic N) is 7. The molecule has 0 bridgehead atoms. The maximum atomic E-state index is 5.69. The van der Waals surface area contributed by atoms with E-state index < -0.39 is 0 Å². The lowest BCUT2D eigenvalue weighted by Crippen LogP contribution is -2.43. The van der Waals surface area contributed by atoms with Gasteiger partial charge in [0, 0.05) is 32.4 Å². The Morgan fingerprint density at radius 3 is 2.41 bits per heavy atom. The van der Waals surface area contributed by atoms with E-state index in [9.17, 15) is 0 Å². The van der Waals surface area contributed by atoms with Crippen molar-refractivity contribution in [1.82, 2.24) is 24.9 Å². The molecule has 2 saturated heterocycles. The van der Waals surface area contributed by atoms with Crippen molar-refractivity contribution in [3.63, 3.8) is 0 Å². The molecule has 4 rings (SSSR count). The Morgan fingerprint density at radius 1 is 1.00 bits per heavy atom. The van der Waals surface area contributed by atoms with Crippen molar-refractivity contribution in [3.8, 4) is 11.4 Å². The number of hydrogen-bond acceptors (Lipinski definition) is 10. The number of aromatic nitrogens is 5. The molecule has 1 atom stereocenters. The third-order valence-corrected chi connectivity index (χ3v) is 4.67. The summed E-state index contributed by atoms with van der Waals surface area (Å²) in [5.41, 5.74) is 7.19. The molecule has 2 aliphatic rings. The van der Waals surface area contributed by atoms with Crippen LogP contribution in [0.25, 0.3) is 11.4 Å². The van der Waals surface area contributed by atoms with Crippen LogP contribution in [0.2, 0.25) is 0 Å². The van der Waals surface area contributed by atoms with Crippen molar-refractivity contribution in [2.24, 2.45) is 0 Å². The molecule has 10 heteroatoms. The van der Waals surface area contributed by atoms with Gasteiger partial charge in [-0.15, -0.1) is 0 Å². The molecule has 2 aromatic rings. The van der Waals surface area contributed by atoms with Gasteiger partial charge in [-0.05, 0) is 13.8 Å². The molecule has 0 aliphatic carbocycles. The van der Waals surface area contributed by atoms with E-state index in [0.717, 1.165) is 37.4 Å². The molecule has 144 valence electrons. The minimum atomic E-state index is 0.132. The maximum Gasteiger partial charge on any atom is 0.230 e. The molecule has 1 unspecified atom stereocenters. The van der Waals surface area contributed by atoms with Crippen LogP contribution in [-0.4, -0.2) is 77.0 Å². The van der Waals surface area contributed by atoms with Crippen molar-refractivity contribution in [2.75, 3.05) is 61.5 Å². The summed E-state index contributed by atoms with van der Waals surface area (Å²) >= 11 is 0. The highest BCUT2D eigenvalue weighted by atomic mass is 16.5. The van der Waals surface area contributed by atoms with E-state index in [-0.39, 0.29) is 12.1 Å². The van der Waals surface area contributed by atoms with E-state index in [2.05, 4.69) is 26.7 Å². The van der Waals surface area contributed by atoms with Crippen LogP contribution in [-0.2, 0) is 9.47 Å². The predicted molar refractivity (Wildman–Crippen MR) is 101 cm³/mol. The van der Waals surface area contributed by atoms with Crippen LogP contribution in [0, 0.1) is 6.92 Å². The quantitative estimate of drug-likeness (QED) is 0.805. The Balaban J connectivity index is 1.76. The molecule has 2 fully saturated rings. The number of hydrogen-bond donors (Lipinski definition) is 1. The van der Waals surface area contributed by atoms with Gasteiger partial charge in [0.25, 0.3) is 0 Å². The topological polar surface area (TPSA) is 115 Å². The Hall–Kier alpha value is -2.59. The molecule has 27 heavy (non-hydrogen) atoms. The summed E-state index contributed by atoms with van der Waals surface area (Å²) in [5, 5.41) is 0. The third kappa shape index (κ3) is 3.91. The number of nitrogen functional groups attached to an aromatic ring is 1. The lowest BCUT2D eigenvalue weighted by Gasteiger charge is -2.32. The van der Waals surface area contributed by atoms with Crippen LogP contribution in [0.3, 0.4) is 0 Å². The summed E-state index contributed by atoms with van der Waals surface area (Å²) in [6.07, 6.45) is 1.80. The molecule has 10 nitrogen and oxygen atoms in total. The summed E-state index contributed by atoms with van der Waals surface area (Å²) in [6.45, 7) is 8.89. The number of ether oxygens (including phenoxy) is 2. The minimum Gasteiger partial charge on any atom is -0.378 e. The SMILES string of the molecule is Cc1nc(N)ncc1-c1nc(N2CCOCC2)nc(N2CCOC(C)C2)n1. The van der Waals surface area contributed by atoms with Gasteiger partial charge in [-0.2, -0.15) is 15.0 Å². The molecule has 2 aromatic heterocycles. The van der Waals surface area contributed by atoms with Gasteiger partial charge < -0.3 is 25.0 Å². The molecule has 0 amide bonds. The second kappa shape index (κ2) is 7.57. The summed E-state index contributed by atoms with van der Waals surface area (Å²) in [5.74, 6) is 2.08. The van der Waals surface area contributed by atoms with Crippen molar-refractivity contribution in [3.05, 3.63) is 11.9 Å². The van der Waals surface area contributed by atoms with Crippen molar-refractivity contribution >= 4 is 17.8 Å². The normalized spacial score (nSPS) is 20.7. The van der Waals surface area contributed by atoms with Crippen LogP contribution in [0.5, 0.6) is 0 Å². The van der Waals surface area contributed by atoms with E-state index in [1.807, 2.05) is 6.92 Å². The van der Waals surface area contributed by atoms with Crippen molar-refractivity contribution < 1.29 is 9.47 Å². The molecule has 0 spiro atoms. The van der Waals surface area contributed by atoms with Crippen molar-refractivity contribution in [2.45, 2.75) is 20.0 Å². The van der Waals surface area contributed by atoms with Crippen molar-refractivity contribution in [1.29, 1.82) is 0 Å². The van der Waals surface area contributed by atoms with Gasteiger partial charge in [-0.3, -0.25) is 0 Å². The number of rotatable bonds is 3. The summed E-state index contributed by atoms with van der Waals surface area (Å²) in [7, 11) is 0. The van der Waals surface area contributed by atoms with Crippen LogP contribution < -0.4 is 15.5 Å². The average molecular weight is 372 g/mol.